The number of para-hydroxylation sites is 1. The fourth-order valence-electron chi connectivity index (χ4n) is 2.61. The molecule has 5 nitrogen and oxygen atoms in total. The minimum Gasteiger partial charge on any atom is -0.375 e. The van der Waals surface area contributed by atoms with Gasteiger partial charge in [-0.25, -0.2) is 4.98 Å². The molecule has 26 heavy (non-hydrogen) atoms. The van der Waals surface area contributed by atoms with Gasteiger partial charge in [0, 0.05) is 37.7 Å². The average molecular weight is 487 g/mol. The third-order valence-electron chi connectivity index (χ3n) is 4.05. The zero-order valence-corrected chi connectivity index (χ0v) is 19.2. The highest BCUT2D eigenvalue weighted by Crippen LogP contribution is 2.16. The topological polar surface area (TPSA) is 52.6 Å². The molecule has 2 aromatic rings. The van der Waals surface area contributed by atoms with E-state index in [1.165, 1.54) is 10.6 Å². The van der Waals surface area contributed by atoms with E-state index in [0.29, 0.717) is 0 Å². The number of nitrogens with zero attached hydrogens (tertiary/aromatic N) is 3. The van der Waals surface area contributed by atoms with E-state index in [2.05, 4.69) is 69.8 Å². The molecule has 0 saturated heterocycles. The van der Waals surface area contributed by atoms with E-state index in [9.17, 15) is 0 Å². The van der Waals surface area contributed by atoms with Crippen molar-refractivity contribution in [2.45, 2.75) is 33.2 Å². The van der Waals surface area contributed by atoms with Crippen LogP contribution in [0, 0.1) is 13.8 Å². The maximum absolute atomic E-state index is 4.46. The van der Waals surface area contributed by atoms with Crippen LogP contribution in [0.1, 0.15) is 28.4 Å². The van der Waals surface area contributed by atoms with E-state index < -0.39 is 0 Å². The summed E-state index contributed by atoms with van der Waals surface area (Å²) < 4.78 is 0. The lowest BCUT2D eigenvalue weighted by molar-refractivity contribution is 0.687. The molecule has 0 aliphatic carbocycles. The van der Waals surface area contributed by atoms with Gasteiger partial charge in [-0.05, 0) is 38.8 Å². The molecule has 2 rings (SSSR count). The molecule has 1 aromatic carbocycles. The van der Waals surface area contributed by atoms with Crippen molar-refractivity contribution in [1.29, 1.82) is 0 Å². The van der Waals surface area contributed by atoms with Gasteiger partial charge >= 0.3 is 0 Å². The highest BCUT2D eigenvalue weighted by atomic mass is 127. The minimum atomic E-state index is 0. The van der Waals surface area contributed by atoms with Crippen molar-refractivity contribution < 1.29 is 0 Å². The van der Waals surface area contributed by atoms with Gasteiger partial charge in [0.1, 0.15) is 0 Å². The lowest BCUT2D eigenvalue weighted by Gasteiger charge is -2.19. The molecule has 1 aromatic heterocycles. The second-order valence-corrected chi connectivity index (χ2v) is 7.35. The van der Waals surface area contributed by atoms with Gasteiger partial charge in [-0.2, -0.15) is 0 Å². The first kappa shape index (κ1) is 22.7. The van der Waals surface area contributed by atoms with E-state index >= 15 is 0 Å². The van der Waals surface area contributed by atoms with Gasteiger partial charge in [-0.15, -0.1) is 35.3 Å². The smallest absolute Gasteiger partial charge is 0.191 e. The van der Waals surface area contributed by atoms with Gasteiger partial charge in [0.15, 0.2) is 5.96 Å². The number of rotatable bonds is 8. The lowest BCUT2D eigenvalue weighted by Crippen LogP contribution is -2.37. The number of aryl methyl sites for hydroxylation is 2. The number of unbranched alkanes of at least 4 members (excludes halogenated alkanes) is 1. The Labute approximate surface area is 178 Å². The van der Waals surface area contributed by atoms with Crippen molar-refractivity contribution in [3.8, 4) is 0 Å². The number of aliphatic imine (C=N–C) groups is 1. The number of thiazole rings is 1. The van der Waals surface area contributed by atoms with Crippen LogP contribution in [-0.2, 0) is 6.54 Å². The SMILES string of the molecule is CN=C(NCCCCN(C)c1ccccc1)NCc1sc(C)nc1C.I. The van der Waals surface area contributed by atoms with Crippen molar-refractivity contribution in [3.63, 3.8) is 0 Å². The molecule has 1 heterocycles. The van der Waals surface area contributed by atoms with Crippen molar-refractivity contribution in [1.82, 2.24) is 15.6 Å². The Morgan fingerprint density at radius 3 is 2.50 bits per heavy atom. The summed E-state index contributed by atoms with van der Waals surface area (Å²) in [5.74, 6) is 0.849. The summed E-state index contributed by atoms with van der Waals surface area (Å²) in [4.78, 5) is 12.3. The monoisotopic (exact) mass is 487 g/mol. The quantitative estimate of drug-likeness (QED) is 0.256. The van der Waals surface area contributed by atoms with Crippen molar-refractivity contribution in [2.75, 3.05) is 32.1 Å². The van der Waals surface area contributed by atoms with Crippen LogP contribution in [0.2, 0.25) is 0 Å². The van der Waals surface area contributed by atoms with Gasteiger partial charge in [0.2, 0.25) is 0 Å². The number of hydrogen-bond acceptors (Lipinski definition) is 4. The fourth-order valence-corrected chi connectivity index (χ4v) is 3.49. The summed E-state index contributed by atoms with van der Waals surface area (Å²) in [7, 11) is 3.95. The normalized spacial score (nSPS) is 11.0. The number of hydrogen-bond donors (Lipinski definition) is 2. The van der Waals surface area contributed by atoms with Crippen LogP contribution in [0.25, 0.3) is 0 Å². The molecule has 144 valence electrons. The summed E-state index contributed by atoms with van der Waals surface area (Å²) >= 11 is 1.74. The molecule has 0 atom stereocenters. The van der Waals surface area contributed by atoms with E-state index in [-0.39, 0.29) is 24.0 Å². The Bertz CT molecular complexity index is 672. The maximum atomic E-state index is 4.46. The van der Waals surface area contributed by atoms with Crippen LogP contribution in [0.4, 0.5) is 5.69 Å². The molecule has 0 aliphatic heterocycles. The third kappa shape index (κ3) is 7.49. The Morgan fingerprint density at radius 2 is 1.88 bits per heavy atom. The van der Waals surface area contributed by atoms with Gasteiger partial charge in [0.25, 0.3) is 0 Å². The number of nitrogens with one attached hydrogen (secondary N) is 2. The molecule has 0 aliphatic rings. The van der Waals surface area contributed by atoms with Crippen LogP contribution >= 0.6 is 35.3 Å². The predicted molar refractivity (Wildman–Crippen MR) is 124 cm³/mol. The van der Waals surface area contributed by atoms with Crippen molar-refractivity contribution in [3.05, 3.63) is 45.9 Å². The molecule has 0 unspecified atom stereocenters. The van der Waals surface area contributed by atoms with Crippen molar-refractivity contribution in [2.24, 2.45) is 4.99 Å². The molecule has 0 radical (unpaired) electrons. The molecule has 0 spiro atoms. The lowest BCUT2D eigenvalue weighted by atomic mass is 10.2. The summed E-state index contributed by atoms with van der Waals surface area (Å²) in [5, 5.41) is 7.86. The Kier molecular flexibility index (Phi) is 10.6. The van der Waals surface area contributed by atoms with Gasteiger partial charge in [0.05, 0.1) is 17.2 Å². The van der Waals surface area contributed by atoms with Crippen molar-refractivity contribution >= 4 is 47.0 Å². The Morgan fingerprint density at radius 1 is 1.15 bits per heavy atom. The van der Waals surface area contributed by atoms with Crippen LogP contribution in [0.15, 0.2) is 35.3 Å². The largest absolute Gasteiger partial charge is 0.375 e. The van der Waals surface area contributed by atoms with Gasteiger partial charge in [-0.3, -0.25) is 4.99 Å². The zero-order chi connectivity index (χ0) is 18.1. The second kappa shape index (κ2) is 12.1. The van der Waals surface area contributed by atoms with Crippen LogP contribution < -0.4 is 15.5 Å². The number of guanidine groups is 1. The summed E-state index contributed by atoms with van der Waals surface area (Å²) in [6.07, 6.45) is 2.25. The number of anilines is 1. The van der Waals surface area contributed by atoms with E-state index in [0.717, 1.165) is 49.1 Å². The molecule has 0 amide bonds. The predicted octanol–water partition coefficient (Wildman–Crippen LogP) is 3.96. The van der Waals surface area contributed by atoms with Crippen LogP contribution in [0.5, 0.6) is 0 Å². The highest BCUT2D eigenvalue weighted by Gasteiger charge is 2.05. The average Bonchev–Trinajstić information content (AvgIpc) is 2.95. The molecule has 2 N–H and O–H groups in total. The highest BCUT2D eigenvalue weighted by molar-refractivity contribution is 14.0. The number of benzene rings is 1. The maximum Gasteiger partial charge on any atom is 0.191 e. The summed E-state index contributed by atoms with van der Waals surface area (Å²) in [6.45, 7) is 6.84. The molecule has 0 bridgehead atoms. The van der Waals surface area contributed by atoms with Gasteiger partial charge in [-0.1, -0.05) is 18.2 Å². The number of aromatic nitrogens is 1. The second-order valence-electron chi connectivity index (χ2n) is 6.06. The summed E-state index contributed by atoms with van der Waals surface area (Å²) in [5.41, 5.74) is 2.37. The number of halogens is 1. The molecule has 0 saturated carbocycles. The Hall–Kier alpha value is -1.35. The first-order chi connectivity index (χ1) is 12.1. The Balaban J connectivity index is 0.00000338. The zero-order valence-electron chi connectivity index (χ0n) is 16.1. The molecule has 7 heteroatoms. The van der Waals surface area contributed by atoms with Gasteiger partial charge < -0.3 is 15.5 Å². The van der Waals surface area contributed by atoms with E-state index in [1.807, 2.05) is 14.0 Å². The minimum absolute atomic E-state index is 0. The van der Waals surface area contributed by atoms with E-state index in [4.69, 9.17) is 0 Å². The fraction of sp³-hybridized carbons (Fsp3) is 0.474. The van der Waals surface area contributed by atoms with E-state index in [1.54, 1.807) is 11.3 Å². The third-order valence-corrected chi connectivity index (χ3v) is 5.12. The standard InChI is InChI=1S/C19H29N5S.HI/c1-15-18(25-16(2)23-15)14-22-19(20-3)21-12-8-9-13-24(4)17-10-6-5-7-11-17;/h5-7,10-11H,8-9,12-14H2,1-4H3,(H2,20,21,22);1H. The molecular formula is C19H30IN5S. The first-order valence-electron chi connectivity index (χ1n) is 8.73. The van der Waals surface area contributed by atoms with Crippen LogP contribution in [-0.4, -0.2) is 38.1 Å². The first-order valence-corrected chi connectivity index (χ1v) is 9.55. The molecular weight excluding hydrogens is 457 g/mol. The van der Waals surface area contributed by atoms with Crippen LogP contribution in [0.3, 0.4) is 0 Å². The molecule has 0 fully saturated rings. The summed E-state index contributed by atoms with van der Waals surface area (Å²) in [6, 6.07) is 10.5.